The van der Waals surface area contributed by atoms with E-state index in [0.29, 0.717) is 10.8 Å². The molecule has 1 heterocycles. The summed E-state index contributed by atoms with van der Waals surface area (Å²) in [6, 6.07) is 16.5. The number of hydrogen-bond donors (Lipinski definition) is 1. The van der Waals surface area contributed by atoms with Crippen molar-refractivity contribution in [2.45, 2.75) is 13.0 Å². The Labute approximate surface area is 174 Å². The molecule has 0 fully saturated rings. The van der Waals surface area contributed by atoms with Crippen LogP contribution in [0.25, 0.3) is 10.9 Å². The molecule has 7 nitrogen and oxygen atoms in total. The molecule has 0 bridgehead atoms. The second-order valence-electron chi connectivity index (χ2n) is 6.56. The highest BCUT2D eigenvalue weighted by Crippen LogP contribution is 2.27. The van der Waals surface area contributed by atoms with Gasteiger partial charge >= 0.3 is 0 Å². The molecule has 0 aliphatic carbocycles. The molecular weight excluding hydrogens is 414 g/mol. The number of carbonyl (C=O) groups excluding carboxylic acids is 1. The third-order valence-electron chi connectivity index (χ3n) is 4.17. The highest BCUT2D eigenvalue weighted by Gasteiger charge is 2.18. The lowest BCUT2D eigenvalue weighted by Gasteiger charge is -2.20. The number of pyridine rings is 1. The molecule has 0 radical (unpaired) electrons. The number of halogens is 1. The lowest BCUT2D eigenvalue weighted by molar-refractivity contribution is -0.125. The molecule has 0 saturated carbocycles. The van der Waals surface area contributed by atoms with Crippen molar-refractivity contribution in [3.8, 4) is 5.75 Å². The molecule has 0 aliphatic rings. The van der Waals surface area contributed by atoms with Crippen LogP contribution in [-0.2, 0) is 14.8 Å². The van der Waals surface area contributed by atoms with E-state index in [4.69, 9.17) is 16.3 Å². The molecule has 1 amide bonds. The third kappa shape index (κ3) is 5.36. The molecule has 0 saturated heterocycles. The van der Waals surface area contributed by atoms with E-state index < -0.39 is 22.0 Å². The number of hydrogen-bond acceptors (Lipinski definition) is 6. The Balaban J connectivity index is 1.72. The van der Waals surface area contributed by atoms with E-state index in [1.165, 1.54) is 6.92 Å². The highest BCUT2D eigenvalue weighted by molar-refractivity contribution is 7.89. The molecule has 3 rings (SSSR count). The number of anilines is 2. The van der Waals surface area contributed by atoms with E-state index in [1.54, 1.807) is 18.2 Å². The Morgan fingerprint density at radius 1 is 1.14 bits per heavy atom. The molecular formula is C20H20ClN3O4S. The van der Waals surface area contributed by atoms with Crippen molar-refractivity contribution in [1.29, 1.82) is 0 Å². The van der Waals surface area contributed by atoms with Crippen molar-refractivity contribution in [3.05, 3.63) is 59.6 Å². The zero-order valence-electron chi connectivity index (χ0n) is 16.1. The summed E-state index contributed by atoms with van der Waals surface area (Å²) in [6.07, 6.45) is -0.0419. The van der Waals surface area contributed by atoms with Crippen molar-refractivity contribution in [3.63, 3.8) is 0 Å². The first kappa shape index (κ1) is 20.9. The van der Waals surface area contributed by atoms with Crippen molar-refractivity contribution in [2.75, 3.05) is 18.2 Å². The van der Waals surface area contributed by atoms with E-state index >= 15 is 0 Å². The third-order valence-corrected chi connectivity index (χ3v) is 4.98. The quantitative estimate of drug-likeness (QED) is 0.640. The van der Waals surface area contributed by atoms with Crippen LogP contribution in [-0.4, -0.2) is 38.7 Å². The molecule has 0 aliphatic heterocycles. The van der Waals surface area contributed by atoms with Crippen LogP contribution in [0.5, 0.6) is 5.75 Å². The van der Waals surface area contributed by atoms with Gasteiger partial charge in [-0.15, -0.1) is 0 Å². The van der Waals surface area contributed by atoms with E-state index in [9.17, 15) is 13.2 Å². The number of fused-ring (bicyclic) bond motifs is 1. The van der Waals surface area contributed by atoms with Crippen LogP contribution in [0, 0.1) is 0 Å². The highest BCUT2D eigenvalue weighted by atomic mass is 35.5. The van der Waals surface area contributed by atoms with Gasteiger partial charge in [0.25, 0.3) is 5.91 Å². The Kier molecular flexibility index (Phi) is 5.95. The number of benzene rings is 2. The van der Waals surface area contributed by atoms with E-state index in [1.807, 2.05) is 53.1 Å². The zero-order chi connectivity index (χ0) is 21.2. The van der Waals surface area contributed by atoms with Crippen LogP contribution in [0.15, 0.2) is 54.6 Å². The fraction of sp³-hybridized carbons (Fsp3) is 0.200. The standard InChI is InChI=1S/C20H20ClN3O4S/c1-13(20(25)23-29(3,26)27)28-17-8-6-16(7-9-17)24(2)19-11-4-14-12-15(21)5-10-18(14)22-19/h4-13H,1-3H3,(H,23,25). The number of aromatic nitrogens is 1. The maximum atomic E-state index is 11.8. The molecule has 0 spiro atoms. The molecule has 9 heteroatoms. The predicted octanol–water partition coefficient (Wildman–Crippen LogP) is 3.50. The minimum absolute atomic E-state index is 0.444. The SMILES string of the molecule is CC(Oc1ccc(N(C)c2ccc3cc(Cl)ccc3n2)cc1)C(=O)NS(C)(=O)=O. The Bertz CT molecular complexity index is 1150. The van der Waals surface area contributed by atoms with Crippen molar-refractivity contribution < 1.29 is 17.9 Å². The number of nitrogens with zero attached hydrogens (tertiary/aromatic N) is 2. The number of rotatable bonds is 6. The fourth-order valence-electron chi connectivity index (χ4n) is 2.68. The number of carbonyl (C=O) groups is 1. The van der Waals surface area contributed by atoms with Crippen LogP contribution in [0.2, 0.25) is 5.02 Å². The van der Waals surface area contributed by atoms with E-state index in [-0.39, 0.29) is 0 Å². The summed E-state index contributed by atoms with van der Waals surface area (Å²) in [5, 5.41) is 1.62. The van der Waals surface area contributed by atoms with Gasteiger partial charge < -0.3 is 9.64 Å². The van der Waals surface area contributed by atoms with Gasteiger partial charge in [-0.2, -0.15) is 0 Å². The number of nitrogens with one attached hydrogen (secondary N) is 1. The van der Waals surface area contributed by atoms with E-state index in [2.05, 4.69) is 4.98 Å². The summed E-state index contributed by atoms with van der Waals surface area (Å²) in [5.41, 5.74) is 1.70. The van der Waals surface area contributed by atoms with Gasteiger partial charge in [-0.3, -0.25) is 9.52 Å². The average molecular weight is 434 g/mol. The molecule has 1 N–H and O–H groups in total. The number of sulfonamides is 1. The molecule has 2 aromatic carbocycles. The van der Waals surface area contributed by atoms with Crippen LogP contribution >= 0.6 is 11.6 Å². The average Bonchev–Trinajstić information content (AvgIpc) is 2.66. The van der Waals surface area contributed by atoms with Crippen LogP contribution < -0.4 is 14.4 Å². The predicted molar refractivity (Wildman–Crippen MR) is 114 cm³/mol. The zero-order valence-corrected chi connectivity index (χ0v) is 17.7. The van der Waals surface area contributed by atoms with Gasteiger partial charge in [-0.05, 0) is 61.5 Å². The second kappa shape index (κ2) is 8.26. The summed E-state index contributed by atoms with van der Waals surface area (Å²) in [7, 11) is -1.74. The smallest absolute Gasteiger partial charge is 0.274 e. The van der Waals surface area contributed by atoms with Gasteiger partial charge in [0.05, 0.1) is 11.8 Å². The molecule has 1 atom stereocenters. The largest absolute Gasteiger partial charge is 0.481 e. The van der Waals surface area contributed by atoms with E-state index in [0.717, 1.165) is 28.7 Å². The summed E-state index contributed by atoms with van der Waals surface area (Å²) in [6.45, 7) is 1.48. The molecule has 1 aromatic heterocycles. The minimum atomic E-state index is -3.63. The van der Waals surface area contributed by atoms with Gasteiger partial charge in [0.15, 0.2) is 6.10 Å². The monoisotopic (exact) mass is 433 g/mol. The fourth-order valence-corrected chi connectivity index (χ4v) is 3.39. The number of ether oxygens (including phenoxy) is 1. The van der Waals surface area contributed by atoms with Gasteiger partial charge in [0, 0.05) is 23.1 Å². The van der Waals surface area contributed by atoms with Crippen LogP contribution in [0.3, 0.4) is 0 Å². The normalized spacial score (nSPS) is 12.4. The molecule has 152 valence electrons. The Morgan fingerprint density at radius 3 is 2.48 bits per heavy atom. The Hall–Kier alpha value is -2.84. The van der Waals surface area contributed by atoms with Crippen LogP contribution in [0.4, 0.5) is 11.5 Å². The van der Waals surface area contributed by atoms with Crippen molar-refractivity contribution >= 4 is 49.9 Å². The maximum Gasteiger partial charge on any atom is 0.274 e. The maximum absolute atomic E-state index is 11.8. The first-order chi connectivity index (χ1) is 13.6. The number of amides is 1. The van der Waals surface area contributed by atoms with Gasteiger partial charge in [0.1, 0.15) is 11.6 Å². The van der Waals surface area contributed by atoms with Gasteiger partial charge in [-0.25, -0.2) is 13.4 Å². The molecule has 1 unspecified atom stereocenters. The van der Waals surface area contributed by atoms with Gasteiger partial charge in [-0.1, -0.05) is 11.6 Å². The Morgan fingerprint density at radius 2 is 1.83 bits per heavy atom. The second-order valence-corrected chi connectivity index (χ2v) is 8.74. The summed E-state index contributed by atoms with van der Waals surface area (Å²) < 4.78 is 29.7. The molecule has 29 heavy (non-hydrogen) atoms. The first-order valence-electron chi connectivity index (χ1n) is 8.71. The van der Waals surface area contributed by atoms with Crippen molar-refractivity contribution in [1.82, 2.24) is 9.71 Å². The topological polar surface area (TPSA) is 88.6 Å². The summed E-state index contributed by atoms with van der Waals surface area (Å²) >= 11 is 6.01. The lowest BCUT2D eigenvalue weighted by atomic mass is 10.2. The van der Waals surface area contributed by atoms with Gasteiger partial charge in [0.2, 0.25) is 10.0 Å². The summed E-state index contributed by atoms with van der Waals surface area (Å²) in [4.78, 5) is 18.4. The summed E-state index contributed by atoms with van der Waals surface area (Å²) in [5.74, 6) is 0.475. The minimum Gasteiger partial charge on any atom is -0.481 e. The van der Waals surface area contributed by atoms with Crippen molar-refractivity contribution in [2.24, 2.45) is 0 Å². The first-order valence-corrected chi connectivity index (χ1v) is 11.0. The lowest BCUT2D eigenvalue weighted by Crippen LogP contribution is -2.39. The molecule has 3 aromatic rings. The van der Waals surface area contributed by atoms with Crippen LogP contribution in [0.1, 0.15) is 6.92 Å².